The molecule has 0 atom stereocenters. The van der Waals surface area contributed by atoms with Gasteiger partial charge in [0.15, 0.2) is 0 Å². The number of fused-ring (bicyclic) bond motifs is 2. The fourth-order valence-corrected chi connectivity index (χ4v) is 7.76. The Bertz CT molecular complexity index is 2860. The Morgan fingerprint density at radius 2 is 0.532 bits per heavy atom. The van der Waals surface area contributed by atoms with Crippen molar-refractivity contribution in [3.8, 4) is 0 Å². The second-order valence-electron chi connectivity index (χ2n) is 15.1. The minimum absolute atomic E-state index is 0.330. The lowest BCUT2D eigenvalue weighted by Crippen LogP contribution is -1.91. The van der Waals surface area contributed by atoms with Crippen LogP contribution in [-0.2, 0) is 0 Å². The van der Waals surface area contributed by atoms with E-state index in [4.69, 9.17) is 0 Å². The zero-order valence-corrected chi connectivity index (χ0v) is 33.5. The number of halogens is 4. The first-order valence-corrected chi connectivity index (χ1v) is 20.3. The highest BCUT2D eigenvalue weighted by Gasteiger charge is 2.11. The van der Waals surface area contributed by atoms with Gasteiger partial charge in [0, 0.05) is 0 Å². The first-order valence-electron chi connectivity index (χ1n) is 20.3. The van der Waals surface area contributed by atoms with Crippen LogP contribution >= 0.6 is 0 Å². The Kier molecular flexibility index (Phi) is 11.4. The molecule has 0 heterocycles. The Hall–Kier alpha value is -7.82. The van der Waals surface area contributed by atoms with E-state index in [-0.39, 0.29) is 23.3 Å². The van der Waals surface area contributed by atoms with E-state index in [0.29, 0.717) is 0 Å². The van der Waals surface area contributed by atoms with Crippen molar-refractivity contribution >= 4 is 69.1 Å². The van der Waals surface area contributed by atoms with E-state index in [1.165, 1.54) is 48.5 Å². The lowest BCUT2D eigenvalue weighted by molar-refractivity contribution is 0.627. The summed E-state index contributed by atoms with van der Waals surface area (Å²) in [6.45, 7) is 0. The molecule has 0 unspecified atom stereocenters. The maximum absolute atomic E-state index is 14.0. The fourth-order valence-electron chi connectivity index (χ4n) is 7.76. The molecule has 0 aromatic heterocycles. The van der Waals surface area contributed by atoms with Crippen molar-refractivity contribution < 1.29 is 17.6 Å². The third kappa shape index (κ3) is 9.01. The van der Waals surface area contributed by atoms with Gasteiger partial charge in [0.25, 0.3) is 0 Å². The molecule has 0 N–H and O–H groups in total. The Morgan fingerprint density at radius 3 is 0.855 bits per heavy atom. The molecule has 4 heteroatoms. The van der Waals surface area contributed by atoms with Crippen LogP contribution in [0, 0.1) is 23.3 Å². The smallest absolute Gasteiger partial charge is 0.123 e. The van der Waals surface area contributed by atoms with Crippen molar-refractivity contribution in [2.24, 2.45) is 0 Å². The van der Waals surface area contributed by atoms with Crippen LogP contribution in [0.4, 0.5) is 17.6 Å². The van der Waals surface area contributed by atoms with Crippen LogP contribution in [0.5, 0.6) is 0 Å². The molecule has 0 spiro atoms. The second-order valence-corrected chi connectivity index (χ2v) is 15.1. The van der Waals surface area contributed by atoms with Gasteiger partial charge in [-0.15, -0.1) is 0 Å². The molecule has 9 aromatic carbocycles. The van der Waals surface area contributed by atoms with Crippen LogP contribution in [0.1, 0.15) is 55.6 Å². The quantitative estimate of drug-likeness (QED) is 0.0733. The lowest BCUT2D eigenvalue weighted by Gasteiger charge is -2.12. The third-order valence-corrected chi connectivity index (χ3v) is 11.0. The van der Waals surface area contributed by atoms with Gasteiger partial charge in [0.05, 0.1) is 0 Å². The zero-order chi connectivity index (χ0) is 42.4. The van der Waals surface area contributed by atoms with E-state index in [1.54, 1.807) is 48.5 Å². The molecule has 9 aromatic rings. The predicted molar refractivity (Wildman–Crippen MR) is 252 cm³/mol. The summed E-state index contributed by atoms with van der Waals surface area (Å²) in [6, 6.07) is 58.7. The summed E-state index contributed by atoms with van der Waals surface area (Å²) in [6.07, 6.45) is 12.6. The van der Waals surface area contributed by atoms with E-state index in [9.17, 15) is 17.6 Å². The lowest BCUT2D eigenvalue weighted by atomic mass is 9.93. The Labute approximate surface area is 358 Å². The summed E-state index contributed by atoms with van der Waals surface area (Å²) >= 11 is 0. The molecule has 0 amide bonds. The SMILES string of the molecule is Fc1ccc(C(=Cc2ccccc2C=Cc2cc3cc4ccccc4cc3cc2C=Cc2ccccc2C=C(c2ccc(F)cc2)c2ccc(F)cc2)c2ccc(F)cc2)cc1. The summed E-state index contributed by atoms with van der Waals surface area (Å²) in [4.78, 5) is 0. The molecule has 0 aliphatic rings. The van der Waals surface area contributed by atoms with Gasteiger partial charge in [-0.25, -0.2) is 17.6 Å². The number of rotatable bonds is 10. The van der Waals surface area contributed by atoms with Crippen molar-refractivity contribution in [1.82, 2.24) is 0 Å². The van der Waals surface area contributed by atoms with Crippen LogP contribution in [0.25, 0.3) is 69.1 Å². The zero-order valence-electron chi connectivity index (χ0n) is 33.5. The molecule has 9 rings (SSSR count). The van der Waals surface area contributed by atoms with Gasteiger partial charge >= 0.3 is 0 Å². The largest absolute Gasteiger partial charge is 0.207 e. The highest BCUT2D eigenvalue weighted by molar-refractivity contribution is 6.02. The van der Waals surface area contributed by atoms with Gasteiger partial charge in [-0.05, 0) is 173 Å². The monoisotopic (exact) mass is 810 g/mol. The number of benzene rings is 9. The average Bonchev–Trinajstić information content (AvgIpc) is 3.30. The van der Waals surface area contributed by atoms with Gasteiger partial charge in [0.2, 0.25) is 0 Å². The molecule has 0 bridgehead atoms. The number of hydrogen-bond donors (Lipinski definition) is 0. The van der Waals surface area contributed by atoms with E-state index >= 15 is 0 Å². The predicted octanol–water partition coefficient (Wildman–Crippen LogP) is 16.1. The molecule has 0 aliphatic carbocycles. The van der Waals surface area contributed by atoms with Crippen LogP contribution in [0.2, 0.25) is 0 Å². The standard InChI is InChI=1S/C58H38F4/c59-53-25-17-41(18-26-53)57(42-19-27-54(60)28-20-42)37-47-11-3-1-7-39(47)13-15-49-35-51-33-45-9-5-6-10-46(45)34-52(51)36-50(49)16-14-40-8-2-4-12-48(40)38-58(43-21-29-55(61)30-22-43)44-23-31-56(62)32-24-44/h1-38H. The Balaban J connectivity index is 1.14. The van der Waals surface area contributed by atoms with Crippen LogP contribution in [-0.4, -0.2) is 0 Å². The molecule has 0 saturated carbocycles. The van der Waals surface area contributed by atoms with Gasteiger partial charge < -0.3 is 0 Å². The van der Waals surface area contributed by atoms with Crippen molar-refractivity contribution in [2.75, 3.05) is 0 Å². The molecular formula is C58H38F4. The fraction of sp³-hybridized carbons (Fsp3) is 0. The molecular weight excluding hydrogens is 773 g/mol. The molecule has 0 radical (unpaired) electrons. The average molecular weight is 811 g/mol. The van der Waals surface area contributed by atoms with Crippen LogP contribution < -0.4 is 0 Å². The van der Waals surface area contributed by atoms with Crippen molar-refractivity contribution in [3.05, 3.63) is 273 Å². The van der Waals surface area contributed by atoms with Crippen LogP contribution in [0.3, 0.4) is 0 Å². The first kappa shape index (κ1) is 39.6. The number of hydrogen-bond acceptors (Lipinski definition) is 0. The van der Waals surface area contributed by atoms with Crippen LogP contribution in [0.15, 0.2) is 194 Å². The normalized spacial score (nSPS) is 11.4. The minimum atomic E-state index is -0.330. The van der Waals surface area contributed by atoms with Gasteiger partial charge in [-0.2, -0.15) is 0 Å². The molecule has 0 fully saturated rings. The van der Waals surface area contributed by atoms with E-state index in [2.05, 4.69) is 85.0 Å². The van der Waals surface area contributed by atoms with Gasteiger partial charge in [0.1, 0.15) is 23.3 Å². The Morgan fingerprint density at radius 1 is 0.258 bits per heavy atom. The molecule has 298 valence electrons. The van der Waals surface area contributed by atoms with Crippen molar-refractivity contribution in [1.29, 1.82) is 0 Å². The molecule has 0 aliphatic heterocycles. The summed E-state index contributed by atoms with van der Waals surface area (Å²) in [5.41, 5.74) is 10.7. The highest BCUT2D eigenvalue weighted by Crippen LogP contribution is 2.33. The summed E-state index contributed by atoms with van der Waals surface area (Å²) in [5.74, 6) is -1.32. The van der Waals surface area contributed by atoms with E-state index < -0.39 is 0 Å². The summed E-state index contributed by atoms with van der Waals surface area (Å²) < 4.78 is 56.1. The van der Waals surface area contributed by atoms with Gasteiger partial charge in [-0.3, -0.25) is 0 Å². The maximum atomic E-state index is 14.0. The first-order chi connectivity index (χ1) is 30.3. The van der Waals surface area contributed by atoms with Crippen molar-refractivity contribution in [3.63, 3.8) is 0 Å². The molecule has 62 heavy (non-hydrogen) atoms. The topological polar surface area (TPSA) is 0 Å². The highest BCUT2D eigenvalue weighted by atomic mass is 19.1. The second kappa shape index (κ2) is 17.8. The van der Waals surface area contributed by atoms with Crippen molar-refractivity contribution in [2.45, 2.75) is 0 Å². The van der Waals surface area contributed by atoms with E-state index in [1.807, 2.05) is 48.5 Å². The maximum Gasteiger partial charge on any atom is 0.123 e. The summed E-state index contributed by atoms with van der Waals surface area (Å²) in [7, 11) is 0. The molecule has 0 nitrogen and oxygen atoms in total. The summed E-state index contributed by atoms with van der Waals surface area (Å²) in [5, 5.41) is 4.52. The minimum Gasteiger partial charge on any atom is -0.207 e. The molecule has 0 saturated heterocycles. The third-order valence-electron chi connectivity index (χ3n) is 11.0. The van der Waals surface area contributed by atoms with Gasteiger partial charge in [-0.1, -0.05) is 146 Å². The van der Waals surface area contributed by atoms with E-state index in [0.717, 1.165) is 88.3 Å².